The van der Waals surface area contributed by atoms with Crippen LogP contribution in [0.15, 0.2) is 60.8 Å². The number of carbonyl (C=O) groups is 2. The first kappa shape index (κ1) is 41.0. The van der Waals surface area contributed by atoms with Gasteiger partial charge in [0.2, 0.25) is 0 Å². The normalized spacial score (nSPS) is 11.9. The summed E-state index contributed by atoms with van der Waals surface area (Å²) in [5, 5.41) is 0. The largest absolute Gasteiger partial charge is 1.00 e. The van der Waals surface area contributed by atoms with Gasteiger partial charge in [0.15, 0.2) is 0 Å². The molecule has 0 atom stereocenters. The van der Waals surface area contributed by atoms with Gasteiger partial charge in [-0.1, -0.05) is 126 Å². The summed E-state index contributed by atoms with van der Waals surface area (Å²) < 4.78 is 4.98. The predicted octanol–water partition coefficient (Wildman–Crippen LogP) is 8.58. The summed E-state index contributed by atoms with van der Waals surface area (Å²) in [6.45, 7) is 4.39. The van der Waals surface area contributed by atoms with E-state index in [1.807, 2.05) is 0 Å². The third-order valence-electron chi connectivity index (χ3n) is 6.59. The number of hydrogen-bond acceptors (Lipinski definition) is 3. The first-order chi connectivity index (χ1) is 19.2. The van der Waals surface area contributed by atoms with Crippen molar-refractivity contribution in [3.63, 3.8) is 0 Å². The molecular weight excluding hydrogens is 503 g/mol. The Balaban J connectivity index is -0.00000722. The van der Waals surface area contributed by atoms with Crippen molar-refractivity contribution in [2.75, 3.05) is 0 Å². The second-order valence-corrected chi connectivity index (χ2v) is 10.4. The molecule has 4 heteroatoms. The Labute approximate surface area is 271 Å². The number of ether oxygens (including phenoxy) is 1. The van der Waals surface area contributed by atoms with Crippen molar-refractivity contribution in [2.45, 2.75) is 155 Å². The van der Waals surface area contributed by atoms with E-state index in [9.17, 15) is 9.59 Å². The van der Waals surface area contributed by atoms with E-state index in [1.165, 1.54) is 51.4 Å². The molecule has 0 rings (SSSR count). The number of hydrogen-bond donors (Lipinski definition) is 0. The molecule has 224 valence electrons. The molecule has 0 aromatic heterocycles. The third kappa shape index (κ3) is 34.9. The standard InChI is InChI=1S/C36H60O3.Na.H/c1-3-5-7-9-11-13-15-17-19-21-23-25-27-29-31-33-35(37)39-36(38)34-32-30-28-26-24-22-20-18-16-14-12-10-8-6-4-2;;/h5,7,11-14,17-20H,3-4,6,8-10,15-16,21-34H2,1-2H3;;/q;+1;-1/b7-5-,13-11-,14-12-,19-17-,20-18-;;. The van der Waals surface area contributed by atoms with Gasteiger partial charge >= 0.3 is 41.5 Å². The smallest absolute Gasteiger partial charge is 1.00 e. The van der Waals surface area contributed by atoms with E-state index in [4.69, 9.17) is 4.74 Å². The van der Waals surface area contributed by atoms with Crippen LogP contribution in [0.4, 0.5) is 0 Å². The fourth-order valence-electron chi connectivity index (χ4n) is 4.20. The Morgan fingerprint density at radius 1 is 0.475 bits per heavy atom. The van der Waals surface area contributed by atoms with Gasteiger partial charge in [-0.15, -0.1) is 0 Å². The first-order valence-electron chi connectivity index (χ1n) is 16.2. The van der Waals surface area contributed by atoms with E-state index >= 15 is 0 Å². The Morgan fingerprint density at radius 2 is 0.825 bits per heavy atom. The van der Waals surface area contributed by atoms with Crippen LogP contribution in [-0.2, 0) is 14.3 Å². The Morgan fingerprint density at radius 3 is 1.25 bits per heavy atom. The Kier molecular flexibility index (Phi) is 36.7. The molecule has 0 aliphatic heterocycles. The maximum absolute atomic E-state index is 11.9. The number of esters is 2. The Bertz CT molecular complexity index is 710. The van der Waals surface area contributed by atoms with Crippen molar-refractivity contribution in [1.82, 2.24) is 0 Å². The number of allylic oxidation sites excluding steroid dienone is 10. The minimum atomic E-state index is -0.358. The molecule has 0 aromatic carbocycles. The molecule has 0 radical (unpaired) electrons. The maximum atomic E-state index is 11.9. The van der Waals surface area contributed by atoms with E-state index in [2.05, 4.69) is 74.6 Å². The van der Waals surface area contributed by atoms with Crippen molar-refractivity contribution in [3.8, 4) is 0 Å². The van der Waals surface area contributed by atoms with Crippen LogP contribution in [-0.4, -0.2) is 11.9 Å². The molecule has 0 bridgehead atoms. The zero-order valence-electron chi connectivity index (χ0n) is 27.6. The summed E-state index contributed by atoms with van der Waals surface area (Å²) in [5.74, 6) is -0.714. The summed E-state index contributed by atoms with van der Waals surface area (Å²) in [7, 11) is 0. The van der Waals surface area contributed by atoms with Gasteiger partial charge < -0.3 is 6.16 Å². The molecule has 0 saturated heterocycles. The summed E-state index contributed by atoms with van der Waals surface area (Å²) in [6, 6.07) is 0. The third-order valence-corrected chi connectivity index (χ3v) is 6.59. The molecule has 0 amide bonds. The van der Waals surface area contributed by atoms with Crippen LogP contribution in [0.5, 0.6) is 0 Å². The Hall–Kier alpha value is -1.16. The van der Waals surface area contributed by atoms with Crippen LogP contribution in [0.1, 0.15) is 157 Å². The van der Waals surface area contributed by atoms with Crippen LogP contribution in [0, 0.1) is 0 Å². The second kappa shape index (κ2) is 35.9. The van der Waals surface area contributed by atoms with E-state index < -0.39 is 0 Å². The minimum Gasteiger partial charge on any atom is -1.00 e. The van der Waals surface area contributed by atoms with Gasteiger partial charge in [-0.25, -0.2) is 0 Å². The van der Waals surface area contributed by atoms with Crippen LogP contribution in [0.2, 0.25) is 0 Å². The number of carbonyl (C=O) groups excluding carboxylic acids is 2. The van der Waals surface area contributed by atoms with Crippen molar-refractivity contribution in [3.05, 3.63) is 60.8 Å². The van der Waals surface area contributed by atoms with Crippen molar-refractivity contribution < 1.29 is 45.3 Å². The number of unbranched alkanes of at least 4 members (excludes halogenated alkanes) is 13. The van der Waals surface area contributed by atoms with E-state index in [0.717, 1.165) is 77.0 Å². The molecule has 0 unspecified atom stereocenters. The molecule has 40 heavy (non-hydrogen) atoms. The molecule has 0 aliphatic carbocycles. The SMILES string of the molecule is CC/C=C\C/C=C\C/C=C\CCCCCCCC(=O)OC(=O)CCCCCCC/C=C\C/C=C\CCCCC.[H-].[Na+]. The van der Waals surface area contributed by atoms with E-state index in [-0.39, 0.29) is 42.9 Å². The van der Waals surface area contributed by atoms with Crippen molar-refractivity contribution in [2.24, 2.45) is 0 Å². The second-order valence-electron chi connectivity index (χ2n) is 10.4. The minimum absolute atomic E-state index is 0. The van der Waals surface area contributed by atoms with Crippen molar-refractivity contribution in [1.29, 1.82) is 0 Å². The van der Waals surface area contributed by atoms with Gasteiger partial charge in [-0.05, 0) is 77.0 Å². The molecule has 0 aromatic rings. The zero-order valence-corrected chi connectivity index (χ0v) is 28.6. The molecule has 0 saturated carbocycles. The van der Waals surface area contributed by atoms with Crippen molar-refractivity contribution >= 4 is 11.9 Å². The number of rotatable bonds is 27. The average molecular weight is 565 g/mol. The van der Waals surface area contributed by atoms with Gasteiger partial charge in [0.25, 0.3) is 0 Å². The zero-order chi connectivity index (χ0) is 28.5. The van der Waals surface area contributed by atoms with Gasteiger partial charge in [0.05, 0.1) is 0 Å². The van der Waals surface area contributed by atoms with Gasteiger partial charge in [-0.2, -0.15) is 0 Å². The fraction of sp³-hybridized carbons (Fsp3) is 0.667. The van der Waals surface area contributed by atoms with Crippen LogP contribution in [0.25, 0.3) is 0 Å². The molecule has 0 fully saturated rings. The quantitative estimate of drug-likeness (QED) is 0.0330. The van der Waals surface area contributed by atoms with Crippen LogP contribution >= 0.6 is 0 Å². The van der Waals surface area contributed by atoms with E-state index in [0.29, 0.717) is 12.8 Å². The summed E-state index contributed by atoms with van der Waals surface area (Å²) in [4.78, 5) is 23.8. The van der Waals surface area contributed by atoms with Crippen LogP contribution in [0.3, 0.4) is 0 Å². The maximum Gasteiger partial charge on any atom is 1.00 e. The fourth-order valence-corrected chi connectivity index (χ4v) is 4.20. The topological polar surface area (TPSA) is 43.4 Å². The molecule has 3 nitrogen and oxygen atoms in total. The summed E-state index contributed by atoms with van der Waals surface area (Å²) in [6.07, 6.45) is 45.4. The molecule has 0 N–H and O–H groups in total. The monoisotopic (exact) mass is 564 g/mol. The van der Waals surface area contributed by atoms with Gasteiger partial charge in [0, 0.05) is 12.8 Å². The molecular formula is C36H61NaO3. The average Bonchev–Trinajstić information content (AvgIpc) is 2.93. The van der Waals surface area contributed by atoms with Crippen LogP contribution < -0.4 is 29.6 Å². The molecule has 0 aliphatic rings. The predicted molar refractivity (Wildman–Crippen MR) is 171 cm³/mol. The molecule has 0 heterocycles. The van der Waals surface area contributed by atoms with Gasteiger partial charge in [-0.3, -0.25) is 9.59 Å². The van der Waals surface area contributed by atoms with Gasteiger partial charge in [0.1, 0.15) is 0 Å². The summed E-state index contributed by atoms with van der Waals surface area (Å²) in [5.41, 5.74) is 0. The summed E-state index contributed by atoms with van der Waals surface area (Å²) >= 11 is 0. The molecule has 0 spiro atoms. The first-order valence-corrected chi connectivity index (χ1v) is 16.2. The van der Waals surface area contributed by atoms with E-state index in [1.54, 1.807) is 0 Å².